The Kier molecular flexibility index (Phi) is 6.60. The van der Waals surface area contributed by atoms with E-state index in [9.17, 15) is 4.79 Å². The van der Waals surface area contributed by atoms with Gasteiger partial charge in [0.15, 0.2) is 5.76 Å². The number of nitrogens with one attached hydrogen (secondary N) is 1. The quantitative estimate of drug-likeness (QED) is 0.514. The summed E-state index contributed by atoms with van der Waals surface area (Å²) >= 11 is 0. The second kappa shape index (κ2) is 9.32. The first-order chi connectivity index (χ1) is 14.0. The number of rotatable bonds is 8. The number of carbonyl (C=O) groups excluding carboxylic acids is 1. The van der Waals surface area contributed by atoms with E-state index in [0.717, 1.165) is 22.6 Å². The lowest BCUT2D eigenvalue weighted by Crippen LogP contribution is -2.10. The first-order valence-corrected chi connectivity index (χ1v) is 9.82. The molecule has 1 heterocycles. The number of furan rings is 1. The fourth-order valence-corrected chi connectivity index (χ4v) is 2.96. The van der Waals surface area contributed by atoms with Gasteiger partial charge in [0.25, 0.3) is 5.91 Å². The van der Waals surface area contributed by atoms with Crippen molar-refractivity contribution in [2.75, 3.05) is 11.9 Å². The highest BCUT2D eigenvalue weighted by molar-refractivity contribution is 6.02. The first-order valence-electron chi connectivity index (χ1n) is 9.82. The maximum Gasteiger partial charge on any atom is 0.291 e. The van der Waals surface area contributed by atoms with Gasteiger partial charge in [-0.3, -0.25) is 4.79 Å². The minimum absolute atomic E-state index is 0.241. The Balaban J connectivity index is 1.62. The number of anilines is 1. The molecule has 0 fully saturated rings. The van der Waals surface area contributed by atoms with Gasteiger partial charge >= 0.3 is 0 Å². The highest BCUT2D eigenvalue weighted by atomic mass is 16.5. The number of hydrogen-bond acceptors (Lipinski definition) is 4. The van der Waals surface area contributed by atoms with Gasteiger partial charge in [-0.05, 0) is 73.4 Å². The van der Waals surface area contributed by atoms with Crippen molar-refractivity contribution in [1.29, 1.82) is 0 Å². The molecule has 29 heavy (non-hydrogen) atoms. The van der Waals surface area contributed by atoms with Crippen LogP contribution in [0.5, 0.6) is 11.5 Å². The number of amides is 1. The summed E-state index contributed by atoms with van der Waals surface area (Å²) in [5.74, 6) is 2.50. The molecule has 0 spiro atoms. The Bertz CT molecular complexity index is 957. The SMILES string of the molecule is CCOc1ccc(NC(=O)c2ccc(COc3cc(C)ccc3C(C)C)o2)cc1. The molecule has 0 bridgehead atoms. The van der Waals surface area contributed by atoms with Crippen LogP contribution in [0.4, 0.5) is 5.69 Å². The maximum atomic E-state index is 12.4. The molecule has 2 aromatic carbocycles. The third-order valence-corrected chi connectivity index (χ3v) is 4.47. The second-order valence-corrected chi connectivity index (χ2v) is 7.16. The van der Waals surface area contributed by atoms with Gasteiger partial charge < -0.3 is 19.2 Å². The van der Waals surface area contributed by atoms with Gasteiger partial charge in [-0.15, -0.1) is 0 Å². The van der Waals surface area contributed by atoms with Crippen LogP contribution in [0.15, 0.2) is 59.0 Å². The Morgan fingerprint density at radius 2 is 1.79 bits per heavy atom. The lowest BCUT2D eigenvalue weighted by Gasteiger charge is -2.14. The molecular formula is C24H27NO4. The molecule has 0 unspecified atom stereocenters. The highest BCUT2D eigenvalue weighted by Crippen LogP contribution is 2.28. The van der Waals surface area contributed by atoms with Gasteiger partial charge in [-0.25, -0.2) is 0 Å². The predicted molar refractivity (Wildman–Crippen MR) is 114 cm³/mol. The molecule has 0 saturated heterocycles. The average Bonchev–Trinajstić information content (AvgIpc) is 3.17. The van der Waals surface area contributed by atoms with E-state index < -0.39 is 0 Å². The number of aryl methyl sites for hydroxylation is 1. The monoisotopic (exact) mass is 393 g/mol. The molecule has 3 aromatic rings. The van der Waals surface area contributed by atoms with Crippen LogP contribution in [-0.4, -0.2) is 12.5 Å². The summed E-state index contributed by atoms with van der Waals surface area (Å²) in [5.41, 5.74) is 2.96. The van der Waals surface area contributed by atoms with Crippen molar-refractivity contribution in [2.24, 2.45) is 0 Å². The molecule has 0 aliphatic heterocycles. The van der Waals surface area contributed by atoms with Crippen molar-refractivity contribution in [2.45, 2.75) is 40.2 Å². The Morgan fingerprint density at radius 3 is 2.48 bits per heavy atom. The molecule has 0 saturated carbocycles. The zero-order valence-corrected chi connectivity index (χ0v) is 17.3. The third-order valence-electron chi connectivity index (χ3n) is 4.47. The molecule has 152 valence electrons. The summed E-state index contributed by atoms with van der Waals surface area (Å²) in [4.78, 5) is 12.4. The van der Waals surface area contributed by atoms with Crippen LogP contribution in [-0.2, 0) is 6.61 Å². The number of carbonyl (C=O) groups is 1. The molecule has 5 nitrogen and oxygen atoms in total. The molecule has 0 radical (unpaired) electrons. The summed E-state index contributed by atoms with van der Waals surface area (Å²) in [6, 6.07) is 16.8. The Hall–Kier alpha value is -3.21. The van der Waals surface area contributed by atoms with E-state index in [1.54, 1.807) is 24.3 Å². The molecule has 5 heteroatoms. The van der Waals surface area contributed by atoms with Crippen LogP contribution in [0.1, 0.15) is 54.1 Å². The molecule has 3 rings (SSSR count). The van der Waals surface area contributed by atoms with Crippen LogP contribution in [0.2, 0.25) is 0 Å². The van der Waals surface area contributed by atoms with Crippen molar-refractivity contribution in [3.8, 4) is 11.5 Å². The summed E-state index contributed by atoms with van der Waals surface area (Å²) < 4.78 is 17.0. The number of benzene rings is 2. The lowest BCUT2D eigenvalue weighted by atomic mass is 10.0. The minimum atomic E-state index is -0.307. The van der Waals surface area contributed by atoms with E-state index in [4.69, 9.17) is 13.9 Å². The fourth-order valence-electron chi connectivity index (χ4n) is 2.96. The largest absolute Gasteiger partial charge is 0.494 e. The van der Waals surface area contributed by atoms with E-state index in [-0.39, 0.29) is 18.3 Å². The zero-order chi connectivity index (χ0) is 20.8. The van der Waals surface area contributed by atoms with Crippen LogP contribution >= 0.6 is 0 Å². The molecule has 0 aliphatic carbocycles. The summed E-state index contributed by atoms with van der Waals surface area (Å²) in [7, 11) is 0. The minimum Gasteiger partial charge on any atom is -0.494 e. The third kappa shape index (κ3) is 5.41. The Morgan fingerprint density at radius 1 is 1.03 bits per heavy atom. The van der Waals surface area contributed by atoms with Crippen LogP contribution in [0.25, 0.3) is 0 Å². The van der Waals surface area contributed by atoms with E-state index in [2.05, 4.69) is 31.3 Å². The van der Waals surface area contributed by atoms with E-state index in [0.29, 0.717) is 24.0 Å². The maximum absolute atomic E-state index is 12.4. The van der Waals surface area contributed by atoms with E-state index >= 15 is 0 Å². The van der Waals surface area contributed by atoms with Gasteiger partial charge in [0.2, 0.25) is 0 Å². The molecule has 1 amide bonds. The molecule has 1 aromatic heterocycles. The summed E-state index contributed by atoms with van der Waals surface area (Å²) in [6.45, 7) is 9.09. The van der Waals surface area contributed by atoms with Gasteiger partial charge in [0.1, 0.15) is 23.9 Å². The first kappa shape index (κ1) is 20.5. The smallest absolute Gasteiger partial charge is 0.291 e. The van der Waals surface area contributed by atoms with Crippen molar-refractivity contribution in [1.82, 2.24) is 0 Å². The number of ether oxygens (including phenoxy) is 2. The second-order valence-electron chi connectivity index (χ2n) is 7.16. The highest BCUT2D eigenvalue weighted by Gasteiger charge is 2.13. The van der Waals surface area contributed by atoms with Gasteiger partial charge in [-0.2, -0.15) is 0 Å². The fraction of sp³-hybridized carbons (Fsp3) is 0.292. The van der Waals surface area contributed by atoms with Crippen molar-refractivity contribution >= 4 is 11.6 Å². The van der Waals surface area contributed by atoms with Crippen molar-refractivity contribution < 1.29 is 18.7 Å². The molecule has 0 atom stereocenters. The van der Waals surface area contributed by atoms with Crippen LogP contribution in [0.3, 0.4) is 0 Å². The van der Waals surface area contributed by atoms with Gasteiger partial charge in [-0.1, -0.05) is 26.0 Å². The summed E-state index contributed by atoms with van der Waals surface area (Å²) in [5, 5.41) is 2.82. The van der Waals surface area contributed by atoms with Crippen molar-refractivity contribution in [3.05, 3.63) is 77.2 Å². The van der Waals surface area contributed by atoms with Gasteiger partial charge in [0.05, 0.1) is 6.61 Å². The van der Waals surface area contributed by atoms with Crippen LogP contribution < -0.4 is 14.8 Å². The van der Waals surface area contributed by atoms with Crippen LogP contribution in [0, 0.1) is 6.92 Å². The van der Waals surface area contributed by atoms with Crippen molar-refractivity contribution in [3.63, 3.8) is 0 Å². The normalized spacial score (nSPS) is 10.8. The van der Waals surface area contributed by atoms with E-state index in [1.165, 1.54) is 0 Å². The zero-order valence-electron chi connectivity index (χ0n) is 17.3. The Labute approximate surface area is 171 Å². The standard InChI is InChI=1S/C24H27NO4/c1-5-27-19-9-7-18(8-10-19)25-24(26)22-13-11-20(29-22)15-28-23-14-17(4)6-12-21(23)16(2)3/h6-14,16H,5,15H2,1-4H3,(H,25,26). The average molecular weight is 393 g/mol. The molecule has 1 N–H and O–H groups in total. The number of hydrogen-bond donors (Lipinski definition) is 1. The van der Waals surface area contributed by atoms with Gasteiger partial charge in [0, 0.05) is 5.69 Å². The molecule has 0 aliphatic rings. The summed E-state index contributed by atoms with van der Waals surface area (Å²) in [6.07, 6.45) is 0. The molecular weight excluding hydrogens is 366 g/mol. The van der Waals surface area contributed by atoms with E-state index in [1.807, 2.05) is 32.0 Å². The topological polar surface area (TPSA) is 60.7 Å². The lowest BCUT2D eigenvalue weighted by molar-refractivity contribution is 0.0992. The predicted octanol–water partition coefficient (Wildman–Crippen LogP) is 5.94.